The van der Waals surface area contributed by atoms with E-state index in [1.54, 1.807) is 0 Å². The van der Waals surface area contributed by atoms with Gasteiger partial charge in [0.1, 0.15) is 0 Å². The topological polar surface area (TPSA) is 43.4 Å². The number of nitrogens with one attached hydrogen (secondary N) is 1. The lowest BCUT2D eigenvalue weighted by Gasteiger charge is -2.21. The molecule has 4 nitrogen and oxygen atoms in total. The minimum atomic E-state index is 0.711. The molecule has 0 amide bonds. The summed E-state index contributed by atoms with van der Waals surface area (Å²) in [5.41, 5.74) is 4.84. The fourth-order valence-electron chi connectivity index (χ4n) is 3.37. The van der Waals surface area contributed by atoms with Crippen LogP contribution >= 0.6 is 0 Å². The standard InChI is InChI=1S/C17H20N2O2/c1-18-17-11-5-2-3-6-13(11)19-14-10-16-15(9-12(14)17)20-7-4-8-21-16/h9-10H,2-8H2,1H3,(H,18,19). The average molecular weight is 284 g/mol. The Hall–Kier alpha value is -1.97. The van der Waals surface area contributed by atoms with Crippen LogP contribution in [-0.2, 0) is 12.8 Å². The van der Waals surface area contributed by atoms with Gasteiger partial charge < -0.3 is 14.8 Å². The molecule has 1 N–H and O–H groups in total. The van der Waals surface area contributed by atoms with Crippen molar-refractivity contribution in [3.8, 4) is 11.5 Å². The van der Waals surface area contributed by atoms with Gasteiger partial charge in [-0.1, -0.05) is 0 Å². The highest BCUT2D eigenvalue weighted by atomic mass is 16.5. The second-order valence-electron chi connectivity index (χ2n) is 5.74. The van der Waals surface area contributed by atoms with Gasteiger partial charge >= 0.3 is 0 Å². The Labute approximate surface area is 124 Å². The van der Waals surface area contributed by atoms with Crippen molar-refractivity contribution in [1.29, 1.82) is 0 Å². The number of hydrogen-bond acceptors (Lipinski definition) is 4. The van der Waals surface area contributed by atoms with E-state index in [-0.39, 0.29) is 0 Å². The molecule has 4 heteroatoms. The molecule has 21 heavy (non-hydrogen) atoms. The minimum Gasteiger partial charge on any atom is -0.490 e. The van der Waals surface area contributed by atoms with Crippen LogP contribution in [0.4, 0.5) is 5.69 Å². The number of aryl methyl sites for hydroxylation is 1. The van der Waals surface area contributed by atoms with Gasteiger partial charge in [0, 0.05) is 36.3 Å². The molecular weight excluding hydrogens is 264 g/mol. The van der Waals surface area contributed by atoms with Crippen molar-refractivity contribution in [3.63, 3.8) is 0 Å². The van der Waals surface area contributed by atoms with Gasteiger partial charge in [-0.3, -0.25) is 4.98 Å². The lowest BCUT2D eigenvalue weighted by Crippen LogP contribution is -2.09. The predicted octanol–water partition coefficient (Wildman–Crippen LogP) is 3.32. The summed E-state index contributed by atoms with van der Waals surface area (Å²) >= 11 is 0. The van der Waals surface area contributed by atoms with E-state index in [1.807, 2.05) is 13.1 Å². The quantitative estimate of drug-likeness (QED) is 0.872. The molecule has 4 rings (SSSR count). The molecule has 1 aliphatic carbocycles. The van der Waals surface area contributed by atoms with Crippen LogP contribution in [0.25, 0.3) is 10.9 Å². The largest absolute Gasteiger partial charge is 0.490 e. The van der Waals surface area contributed by atoms with Crippen LogP contribution in [-0.4, -0.2) is 25.2 Å². The van der Waals surface area contributed by atoms with Gasteiger partial charge in [-0.25, -0.2) is 0 Å². The molecule has 0 atom stereocenters. The Kier molecular flexibility index (Phi) is 3.09. The van der Waals surface area contributed by atoms with E-state index in [2.05, 4.69) is 11.4 Å². The van der Waals surface area contributed by atoms with E-state index >= 15 is 0 Å². The van der Waals surface area contributed by atoms with Crippen molar-refractivity contribution in [1.82, 2.24) is 4.98 Å². The van der Waals surface area contributed by atoms with Gasteiger partial charge in [-0.05, 0) is 37.3 Å². The molecule has 0 radical (unpaired) electrons. The molecular formula is C17H20N2O2. The minimum absolute atomic E-state index is 0.711. The van der Waals surface area contributed by atoms with E-state index in [0.717, 1.165) is 41.7 Å². The number of anilines is 1. The van der Waals surface area contributed by atoms with Crippen LogP contribution in [0, 0.1) is 0 Å². The number of aromatic nitrogens is 1. The number of pyridine rings is 1. The van der Waals surface area contributed by atoms with E-state index in [1.165, 1.54) is 29.8 Å². The zero-order valence-electron chi connectivity index (χ0n) is 12.4. The number of benzene rings is 1. The summed E-state index contributed by atoms with van der Waals surface area (Å²) in [5, 5.41) is 4.53. The first-order valence-corrected chi connectivity index (χ1v) is 7.79. The first kappa shape index (κ1) is 12.7. The van der Waals surface area contributed by atoms with Crippen molar-refractivity contribution >= 4 is 16.6 Å². The lowest BCUT2D eigenvalue weighted by atomic mass is 9.92. The van der Waals surface area contributed by atoms with Crippen LogP contribution in [0.2, 0.25) is 0 Å². The third-order valence-corrected chi connectivity index (χ3v) is 4.38. The lowest BCUT2D eigenvalue weighted by molar-refractivity contribution is 0.297. The SMILES string of the molecule is CNc1c2c(nc3cc4c(cc13)OCCCO4)CCCC2. The Bertz CT molecular complexity index is 697. The number of fused-ring (bicyclic) bond motifs is 3. The summed E-state index contributed by atoms with van der Waals surface area (Å²) in [5.74, 6) is 1.67. The van der Waals surface area contributed by atoms with E-state index < -0.39 is 0 Å². The molecule has 0 unspecified atom stereocenters. The zero-order chi connectivity index (χ0) is 14.2. The Balaban J connectivity index is 1.97. The second kappa shape index (κ2) is 5.10. The van der Waals surface area contributed by atoms with Crippen LogP contribution in [0.3, 0.4) is 0 Å². The Morgan fingerprint density at radius 3 is 2.57 bits per heavy atom. The molecule has 0 saturated carbocycles. The van der Waals surface area contributed by atoms with Crippen LogP contribution in [0.15, 0.2) is 12.1 Å². The van der Waals surface area contributed by atoms with Crippen LogP contribution < -0.4 is 14.8 Å². The number of hydrogen-bond donors (Lipinski definition) is 1. The first-order valence-electron chi connectivity index (χ1n) is 7.79. The van der Waals surface area contributed by atoms with Crippen molar-refractivity contribution in [3.05, 3.63) is 23.4 Å². The molecule has 2 aromatic rings. The number of nitrogens with zero attached hydrogens (tertiary/aromatic N) is 1. The third-order valence-electron chi connectivity index (χ3n) is 4.38. The first-order chi connectivity index (χ1) is 10.4. The second-order valence-corrected chi connectivity index (χ2v) is 5.74. The molecule has 1 aromatic carbocycles. The summed E-state index contributed by atoms with van der Waals surface area (Å²) < 4.78 is 11.6. The third kappa shape index (κ3) is 2.09. The highest BCUT2D eigenvalue weighted by molar-refractivity contribution is 5.95. The Morgan fingerprint density at radius 1 is 1.00 bits per heavy atom. The number of rotatable bonds is 1. The monoisotopic (exact) mass is 284 g/mol. The van der Waals surface area contributed by atoms with Crippen molar-refractivity contribution in [2.45, 2.75) is 32.1 Å². The molecule has 2 heterocycles. The maximum absolute atomic E-state index is 5.82. The molecule has 1 aromatic heterocycles. The smallest absolute Gasteiger partial charge is 0.163 e. The summed E-state index contributed by atoms with van der Waals surface area (Å²) in [7, 11) is 1.99. The van der Waals surface area contributed by atoms with Crippen LogP contribution in [0.1, 0.15) is 30.5 Å². The zero-order valence-corrected chi connectivity index (χ0v) is 12.4. The molecule has 0 bridgehead atoms. The molecule has 110 valence electrons. The van der Waals surface area contributed by atoms with Crippen molar-refractivity contribution in [2.24, 2.45) is 0 Å². The Morgan fingerprint density at radius 2 is 1.76 bits per heavy atom. The highest BCUT2D eigenvalue weighted by Crippen LogP contribution is 2.39. The summed E-state index contributed by atoms with van der Waals surface area (Å²) in [6.45, 7) is 1.42. The van der Waals surface area contributed by atoms with E-state index in [4.69, 9.17) is 14.5 Å². The van der Waals surface area contributed by atoms with Gasteiger partial charge in [0.15, 0.2) is 11.5 Å². The van der Waals surface area contributed by atoms with E-state index in [9.17, 15) is 0 Å². The molecule has 0 fully saturated rings. The highest BCUT2D eigenvalue weighted by Gasteiger charge is 2.20. The van der Waals surface area contributed by atoms with E-state index in [0.29, 0.717) is 13.2 Å². The van der Waals surface area contributed by atoms with Crippen molar-refractivity contribution < 1.29 is 9.47 Å². The fraction of sp³-hybridized carbons (Fsp3) is 0.471. The molecule has 2 aliphatic rings. The van der Waals surface area contributed by atoms with Gasteiger partial charge in [0.05, 0.1) is 18.7 Å². The van der Waals surface area contributed by atoms with Gasteiger partial charge in [0.2, 0.25) is 0 Å². The summed E-state index contributed by atoms with van der Waals surface area (Å²) in [4.78, 5) is 4.89. The van der Waals surface area contributed by atoms with Gasteiger partial charge in [-0.2, -0.15) is 0 Å². The maximum Gasteiger partial charge on any atom is 0.163 e. The summed E-state index contributed by atoms with van der Waals surface area (Å²) in [6.07, 6.45) is 5.60. The maximum atomic E-state index is 5.82. The average Bonchev–Trinajstić information content (AvgIpc) is 2.75. The molecule has 0 saturated heterocycles. The van der Waals surface area contributed by atoms with Crippen molar-refractivity contribution in [2.75, 3.05) is 25.6 Å². The fourth-order valence-corrected chi connectivity index (χ4v) is 3.37. The normalized spacial score (nSPS) is 17.2. The molecule has 1 aliphatic heterocycles. The predicted molar refractivity (Wildman–Crippen MR) is 83.5 cm³/mol. The van der Waals surface area contributed by atoms with Gasteiger partial charge in [0.25, 0.3) is 0 Å². The van der Waals surface area contributed by atoms with Crippen LogP contribution in [0.5, 0.6) is 11.5 Å². The summed E-state index contributed by atoms with van der Waals surface area (Å²) in [6, 6.07) is 4.12. The number of ether oxygens (including phenoxy) is 2. The van der Waals surface area contributed by atoms with Gasteiger partial charge in [-0.15, -0.1) is 0 Å². The molecule has 0 spiro atoms.